The van der Waals surface area contributed by atoms with Gasteiger partial charge in [0.2, 0.25) is 0 Å². The van der Waals surface area contributed by atoms with Crippen molar-refractivity contribution in [2.24, 2.45) is 5.73 Å². The zero-order valence-corrected chi connectivity index (χ0v) is 8.23. The maximum atomic E-state index is 12.9. The lowest BCUT2D eigenvalue weighted by Gasteiger charge is -2.01. The lowest BCUT2D eigenvalue weighted by Crippen LogP contribution is -1.98. The molecule has 2 N–H and O–H groups in total. The molecule has 0 aliphatic rings. The molecule has 4 heteroatoms. The summed E-state index contributed by atoms with van der Waals surface area (Å²) in [6.45, 7) is 1.04. The fourth-order valence-corrected chi connectivity index (χ4v) is 1.44. The smallest absolute Gasteiger partial charge is 0.123 e. The first-order chi connectivity index (χ1) is 7.28. The molecule has 2 aromatic rings. The van der Waals surface area contributed by atoms with Crippen LogP contribution in [0.15, 0.2) is 36.8 Å². The van der Waals surface area contributed by atoms with Crippen LogP contribution in [0.2, 0.25) is 0 Å². The Balaban J connectivity index is 2.14. The van der Waals surface area contributed by atoms with Gasteiger partial charge in [0.05, 0.1) is 12.0 Å². The molecule has 1 aromatic carbocycles. The predicted octanol–water partition coefficient (Wildman–Crippen LogP) is 1.53. The second kappa shape index (κ2) is 4.23. The summed E-state index contributed by atoms with van der Waals surface area (Å²) in [4.78, 5) is 4.10. The van der Waals surface area contributed by atoms with Crippen molar-refractivity contribution in [2.75, 3.05) is 0 Å². The normalized spacial score (nSPS) is 10.5. The standard InChI is InChI=1S/C11H12FN3/c12-10-3-1-2-9(4-10)6-15-7-11(5-13)14-8-15/h1-4,7-8H,5-6,13H2. The Hall–Kier alpha value is -1.68. The molecule has 0 amide bonds. The van der Waals surface area contributed by atoms with Crippen LogP contribution >= 0.6 is 0 Å². The van der Waals surface area contributed by atoms with Crippen LogP contribution in [-0.4, -0.2) is 9.55 Å². The Morgan fingerprint density at radius 1 is 1.40 bits per heavy atom. The topological polar surface area (TPSA) is 43.8 Å². The first-order valence-corrected chi connectivity index (χ1v) is 4.73. The van der Waals surface area contributed by atoms with Crippen LogP contribution in [0.3, 0.4) is 0 Å². The number of imidazole rings is 1. The highest BCUT2D eigenvalue weighted by Gasteiger charge is 1.99. The quantitative estimate of drug-likeness (QED) is 0.825. The average Bonchev–Trinajstić information content (AvgIpc) is 2.65. The fourth-order valence-electron chi connectivity index (χ4n) is 1.44. The SMILES string of the molecule is NCc1cn(Cc2cccc(F)c2)cn1. The molecule has 0 fully saturated rings. The van der Waals surface area contributed by atoms with Gasteiger partial charge in [-0.2, -0.15) is 0 Å². The van der Waals surface area contributed by atoms with Crippen molar-refractivity contribution < 1.29 is 4.39 Å². The summed E-state index contributed by atoms with van der Waals surface area (Å²) in [6, 6.07) is 6.53. The lowest BCUT2D eigenvalue weighted by molar-refractivity contribution is 0.623. The van der Waals surface area contributed by atoms with Crippen LogP contribution in [-0.2, 0) is 13.1 Å². The molecular formula is C11H12FN3. The molecule has 0 radical (unpaired) electrons. The van der Waals surface area contributed by atoms with Crippen molar-refractivity contribution in [3.63, 3.8) is 0 Å². The molecular weight excluding hydrogens is 193 g/mol. The van der Waals surface area contributed by atoms with E-state index >= 15 is 0 Å². The van der Waals surface area contributed by atoms with E-state index in [1.807, 2.05) is 16.8 Å². The average molecular weight is 205 g/mol. The molecule has 0 spiro atoms. The molecule has 0 saturated heterocycles. The first-order valence-electron chi connectivity index (χ1n) is 4.73. The molecule has 15 heavy (non-hydrogen) atoms. The summed E-state index contributed by atoms with van der Waals surface area (Å²) in [6.07, 6.45) is 3.57. The summed E-state index contributed by atoms with van der Waals surface area (Å²) in [5, 5.41) is 0. The van der Waals surface area contributed by atoms with Gasteiger partial charge in [-0.15, -0.1) is 0 Å². The second-order valence-electron chi connectivity index (χ2n) is 3.37. The number of rotatable bonds is 3. The van der Waals surface area contributed by atoms with Crippen molar-refractivity contribution >= 4 is 0 Å². The van der Waals surface area contributed by atoms with Gasteiger partial charge >= 0.3 is 0 Å². The molecule has 2 rings (SSSR count). The Labute approximate surface area is 87.4 Å². The highest BCUT2D eigenvalue weighted by molar-refractivity contribution is 5.17. The van der Waals surface area contributed by atoms with Crippen LogP contribution in [0.25, 0.3) is 0 Å². The summed E-state index contributed by atoms with van der Waals surface area (Å²) in [7, 11) is 0. The molecule has 0 aliphatic carbocycles. The van der Waals surface area contributed by atoms with Crippen molar-refractivity contribution in [3.8, 4) is 0 Å². The maximum Gasteiger partial charge on any atom is 0.123 e. The van der Waals surface area contributed by atoms with E-state index in [1.165, 1.54) is 12.1 Å². The number of aromatic nitrogens is 2. The summed E-state index contributed by atoms with van der Waals surface area (Å²) in [5.41, 5.74) is 7.20. The van der Waals surface area contributed by atoms with Gasteiger partial charge in [-0.25, -0.2) is 9.37 Å². The van der Waals surface area contributed by atoms with E-state index in [2.05, 4.69) is 4.98 Å². The minimum atomic E-state index is -0.216. The van der Waals surface area contributed by atoms with E-state index in [1.54, 1.807) is 12.4 Å². The molecule has 1 aromatic heterocycles. The van der Waals surface area contributed by atoms with Gasteiger partial charge in [0.15, 0.2) is 0 Å². The summed E-state index contributed by atoms with van der Waals surface area (Å²) in [5.74, 6) is -0.216. The number of hydrogen-bond acceptors (Lipinski definition) is 2. The number of hydrogen-bond donors (Lipinski definition) is 1. The summed E-state index contributed by atoms with van der Waals surface area (Å²) < 4.78 is 14.8. The van der Waals surface area contributed by atoms with Crippen LogP contribution in [0.1, 0.15) is 11.3 Å². The number of benzene rings is 1. The van der Waals surface area contributed by atoms with Gasteiger partial charge in [0, 0.05) is 19.3 Å². The second-order valence-corrected chi connectivity index (χ2v) is 3.37. The van der Waals surface area contributed by atoms with Crippen molar-refractivity contribution in [3.05, 3.63) is 53.9 Å². The van der Waals surface area contributed by atoms with Gasteiger partial charge in [-0.05, 0) is 17.7 Å². The van der Waals surface area contributed by atoms with Crippen LogP contribution in [0, 0.1) is 5.82 Å². The van der Waals surface area contributed by atoms with Crippen molar-refractivity contribution in [1.29, 1.82) is 0 Å². The van der Waals surface area contributed by atoms with Gasteiger partial charge < -0.3 is 10.3 Å². The monoisotopic (exact) mass is 205 g/mol. The zero-order chi connectivity index (χ0) is 10.7. The highest BCUT2D eigenvalue weighted by atomic mass is 19.1. The first kappa shape index (κ1) is 9.86. The molecule has 3 nitrogen and oxygen atoms in total. The Bertz CT molecular complexity index is 451. The highest BCUT2D eigenvalue weighted by Crippen LogP contribution is 2.06. The molecule has 0 unspecified atom stereocenters. The van der Waals surface area contributed by atoms with Gasteiger partial charge in [-0.3, -0.25) is 0 Å². The minimum Gasteiger partial charge on any atom is -0.333 e. The van der Waals surface area contributed by atoms with Crippen LogP contribution in [0.4, 0.5) is 4.39 Å². The van der Waals surface area contributed by atoms with Crippen LogP contribution < -0.4 is 5.73 Å². The number of nitrogens with two attached hydrogens (primary N) is 1. The zero-order valence-electron chi connectivity index (χ0n) is 8.23. The molecule has 0 atom stereocenters. The Morgan fingerprint density at radius 2 is 2.27 bits per heavy atom. The van der Waals surface area contributed by atoms with Crippen LogP contribution in [0.5, 0.6) is 0 Å². The van der Waals surface area contributed by atoms with E-state index in [9.17, 15) is 4.39 Å². The largest absolute Gasteiger partial charge is 0.333 e. The van der Waals surface area contributed by atoms with Gasteiger partial charge in [0.25, 0.3) is 0 Å². The Morgan fingerprint density at radius 3 is 2.93 bits per heavy atom. The third-order valence-electron chi connectivity index (χ3n) is 2.15. The molecule has 0 bridgehead atoms. The van der Waals surface area contributed by atoms with Crippen molar-refractivity contribution in [2.45, 2.75) is 13.1 Å². The molecule has 0 aliphatic heterocycles. The Kier molecular flexibility index (Phi) is 2.78. The molecule has 78 valence electrons. The third-order valence-corrected chi connectivity index (χ3v) is 2.15. The lowest BCUT2D eigenvalue weighted by atomic mass is 10.2. The molecule has 0 saturated carbocycles. The van der Waals surface area contributed by atoms with Gasteiger partial charge in [-0.1, -0.05) is 12.1 Å². The van der Waals surface area contributed by atoms with Gasteiger partial charge in [0.1, 0.15) is 5.82 Å². The van der Waals surface area contributed by atoms with E-state index in [0.29, 0.717) is 13.1 Å². The van der Waals surface area contributed by atoms with E-state index in [4.69, 9.17) is 5.73 Å². The third kappa shape index (κ3) is 2.41. The minimum absolute atomic E-state index is 0.216. The fraction of sp³-hybridized carbons (Fsp3) is 0.182. The van der Waals surface area contributed by atoms with E-state index < -0.39 is 0 Å². The van der Waals surface area contributed by atoms with Crippen molar-refractivity contribution in [1.82, 2.24) is 9.55 Å². The van der Waals surface area contributed by atoms with E-state index in [0.717, 1.165) is 11.3 Å². The number of nitrogens with zero attached hydrogens (tertiary/aromatic N) is 2. The van der Waals surface area contributed by atoms with E-state index in [-0.39, 0.29) is 5.82 Å². The summed E-state index contributed by atoms with van der Waals surface area (Å²) >= 11 is 0. The predicted molar refractivity (Wildman–Crippen MR) is 55.6 cm³/mol. The number of halogens is 1. The maximum absolute atomic E-state index is 12.9. The molecule has 1 heterocycles.